The molecule has 17 heavy (non-hydrogen) atoms. The number of carboxylic acids is 1. The van der Waals surface area contributed by atoms with Crippen molar-refractivity contribution >= 4 is 17.7 Å². The molecule has 96 valence electrons. The van der Waals surface area contributed by atoms with Gasteiger partial charge in [-0.2, -0.15) is 11.8 Å². The predicted octanol–water partition coefficient (Wildman–Crippen LogP) is 3.41. The van der Waals surface area contributed by atoms with E-state index in [0.29, 0.717) is 5.41 Å². The van der Waals surface area contributed by atoms with Gasteiger partial charge in [0.2, 0.25) is 0 Å². The van der Waals surface area contributed by atoms with Gasteiger partial charge in [-0.25, -0.2) is 0 Å². The maximum absolute atomic E-state index is 11.2. The molecule has 0 saturated heterocycles. The monoisotopic (exact) mass is 254 g/mol. The lowest BCUT2D eigenvalue weighted by Crippen LogP contribution is -2.47. The van der Waals surface area contributed by atoms with Crippen molar-refractivity contribution in [2.75, 3.05) is 6.26 Å². The van der Waals surface area contributed by atoms with E-state index in [4.69, 9.17) is 0 Å². The van der Waals surface area contributed by atoms with Crippen LogP contribution in [0, 0.1) is 23.2 Å². The van der Waals surface area contributed by atoms with Crippen LogP contribution in [0.25, 0.3) is 0 Å². The highest BCUT2D eigenvalue weighted by molar-refractivity contribution is 7.99. The molecule has 4 fully saturated rings. The molecule has 0 aromatic rings. The summed E-state index contributed by atoms with van der Waals surface area (Å²) in [5.41, 5.74) is 0.404. The van der Waals surface area contributed by atoms with Crippen LogP contribution in [0.15, 0.2) is 0 Å². The Morgan fingerprint density at radius 1 is 1.24 bits per heavy atom. The Labute approximate surface area is 108 Å². The summed E-state index contributed by atoms with van der Waals surface area (Å²) in [6.07, 6.45) is 11.2. The van der Waals surface area contributed by atoms with Gasteiger partial charge in [0.1, 0.15) is 5.25 Å². The van der Waals surface area contributed by atoms with E-state index in [9.17, 15) is 9.90 Å². The lowest BCUT2D eigenvalue weighted by molar-refractivity contribution is -0.138. The van der Waals surface area contributed by atoms with Crippen LogP contribution in [-0.2, 0) is 4.79 Å². The van der Waals surface area contributed by atoms with Crippen LogP contribution in [0.3, 0.4) is 0 Å². The molecule has 0 radical (unpaired) electrons. The molecule has 0 spiro atoms. The summed E-state index contributed by atoms with van der Waals surface area (Å²) in [6.45, 7) is 0. The van der Waals surface area contributed by atoms with Gasteiger partial charge in [-0.05, 0) is 74.4 Å². The van der Waals surface area contributed by atoms with Crippen molar-refractivity contribution < 1.29 is 9.90 Å². The molecule has 0 aromatic carbocycles. The van der Waals surface area contributed by atoms with Crippen LogP contribution in [0.5, 0.6) is 0 Å². The van der Waals surface area contributed by atoms with E-state index >= 15 is 0 Å². The highest BCUT2D eigenvalue weighted by Crippen LogP contribution is 2.62. The Bertz CT molecular complexity index is 291. The minimum Gasteiger partial charge on any atom is -0.480 e. The number of carbonyl (C=O) groups is 1. The molecule has 4 bridgehead atoms. The van der Waals surface area contributed by atoms with E-state index in [1.807, 2.05) is 6.26 Å². The zero-order chi connectivity index (χ0) is 12.0. The fraction of sp³-hybridized carbons (Fsp3) is 0.929. The van der Waals surface area contributed by atoms with Gasteiger partial charge in [-0.1, -0.05) is 0 Å². The Balaban J connectivity index is 1.75. The first-order chi connectivity index (χ1) is 8.10. The van der Waals surface area contributed by atoms with E-state index in [-0.39, 0.29) is 5.25 Å². The highest BCUT2D eigenvalue weighted by atomic mass is 32.2. The van der Waals surface area contributed by atoms with Crippen LogP contribution >= 0.6 is 11.8 Å². The SMILES string of the molecule is CSC(CC12CC3CC(CC(C3)C1)C2)C(=O)O. The largest absolute Gasteiger partial charge is 0.480 e. The second-order valence-electron chi connectivity index (χ2n) is 6.68. The Hall–Kier alpha value is -0.180. The molecule has 0 amide bonds. The number of aliphatic carboxylic acids is 1. The molecule has 1 unspecified atom stereocenters. The molecule has 4 rings (SSSR count). The lowest BCUT2D eigenvalue weighted by Gasteiger charge is -2.57. The summed E-state index contributed by atoms with van der Waals surface area (Å²) in [5.74, 6) is 2.18. The molecule has 1 atom stereocenters. The Morgan fingerprint density at radius 2 is 1.71 bits per heavy atom. The molecule has 3 heteroatoms. The van der Waals surface area contributed by atoms with E-state index in [1.54, 1.807) is 0 Å². The van der Waals surface area contributed by atoms with Gasteiger partial charge in [0, 0.05) is 0 Å². The zero-order valence-electron chi connectivity index (χ0n) is 10.5. The number of rotatable bonds is 4. The average molecular weight is 254 g/mol. The summed E-state index contributed by atoms with van der Waals surface area (Å²) in [6, 6.07) is 0. The topological polar surface area (TPSA) is 37.3 Å². The molecule has 1 N–H and O–H groups in total. The van der Waals surface area contributed by atoms with Gasteiger partial charge in [-0.3, -0.25) is 4.79 Å². The summed E-state index contributed by atoms with van der Waals surface area (Å²) in [5, 5.41) is 9.08. The summed E-state index contributed by atoms with van der Waals surface area (Å²) in [7, 11) is 0. The minimum absolute atomic E-state index is 0.175. The van der Waals surface area contributed by atoms with Crippen molar-refractivity contribution in [3.8, 4) is 0 Å². The third kappa shape index (κ3) is 2.11. The summed E-state index contributed by atoms with van der Waals surface area (Å²) < 4.78 is 0. The Kier molecular flexibility index (Phi) is 2.92. The van der Waals surface area contributed by atoms with Crippen molar-refractivity contribution in [2.24, 2.45) is 23.2 Å². The first-order valence-electron chi connectivity index (χ1n) is 6.86. The van der Waals surface area contributed by atoms with Gasteiger partial charge in [0.15, 0.2) is 0 Å². The molecule has 0 aromatic heterocycles. The third-order valence-corrected chi connectivity index (χ3v) is 6.28. The molecule has 4 aliphatic carbocycles. The highest BCUT2D eigenvalue weighted by Gasteiger charge is 2.51. The standard InChI is InChI=1S/C14H22O2S/c1-17-12(13(15)16)8-14-5-9-2-10(6-14)4-11(3-9)7-14/h9-12H,2-8H2,1H3,(H,15,16). The van der Waals surface area contributed by atoms with Crippen molar-refractivity contribution in [3.05, 3.63) is 0 Å². The molecule has 2 nitrogen and oxygen atoms in total. The van der Waals surface area contributed by atoms with Crippen molar-refractivity contribution in [1.82, 2.24) is 0 Å². The van der Waals surface area contributed by atoms with E-state index in [1.165, 1.54) is 50.3 Å². The molecular formula is C14H22O2S. The van der Waals surface area contributed by atoms with Gasteiger partial charge in [0.25, 0.3) is 0 Å². The second-order valence-corrected chi connectivity index (χ2v) is 7.72. The Morgan fingerprint density at radius 3 is 2.06 bits per heavy atom. The molecule has 0 heterocycles. The van der Waals surface area contributed by atoms with E-state index in [2.05, 4.69) is 0 Å². The van der Waals surface area contributed by atoms with E-state index in [0.717, 1.165) is 24.2 Å². The predicted molar refractivity (Wildman–Crippen MR) is 70.2 cm³/mol. The van der Waals surface area contributed by atoms with Crippen molar-refractivity contribution in [1.29, 1.82) is 0 Å². The zero-order valence-corrected chi connectivity index (χ0v) is 11.3. The molecule has 4 aliphatic rings. The van der Waals surface area contributed by atoms with E-state index < -0.39 is 5.97 Å². The molecule has 4 saturated carbocycles. The van der Waals surface area contributed by atoms with Crippen molar-refractivity contribution in [3.63, 3.8) is 0 Å². The maximum Gasteiger partial charge on any atom is 0.316 e. The summed E-state index contributed by atoms with van der Waals surface area (Å²) >= 11 is 1.53. The first-order valence-corrected chi connectivity index (χ1v) is 8.14. The number of thioether (sulfide) groups is 1. The van der Waals surface area contributed by atoms with Crippen LogP contribution < -0.4 is 0 Å². The second kappa shape index (κ2) is 4.18. The summed E-state index contributed by atoms with van der Waals surface area (Å²) in [4.78, 5) is 11.2. The van der Waals surface area contributed by atoms with Crippen LogP contribution in [0.1, 0.15) is 44.9 Å². The quantitative estimate of drug-likeness (QED) is 0.835. The number of carboxylic acid groups (broad SMARTS) is 1. The van der Waals surface area contributed by atoms with Crippen LogP contribution in [0.4, 0.5) is 0 Å². The first kappa shape index (κ1) is 11.9. The lowest BCUT2D eigenvalue weighted by atomic mass is 9.48. The van der Waals surface area contributed by atoms with Gasteiger partial charge in [0.05, 0.1) is 0 Å². The fourth-order valence-electron chi connectivity index (χ4n) is 5.20. The molecule has 0 aliphatic heterocycles. The normalized spacial score (nSPS) is 44.9. The number of hydrogen-bond donors (Lipinski definition) is 1. The number of hydrogen-bond acceptors (Lipinski definition) is 2. The van der Waals surface area contributed by atoms with Gasteiger partial charge in [-0.15, -0.1) is 0 Å². The van der Waals surface area contributed by atoms with Crippen molar-refractivity contribution in [2.45, 2.75) is 50.2 Å². The minimum atomic E-state index is -0.603. The third-order valence-electron chi connectivity index (χ3n) is 5.34. The van der Waals surface area contributed by atoms with Gasteiger partial charge < -0.3 is 5.11 Å². The molecular weight excluding hydrogens is 232 g/mol. The van der Waals surface area contributed by atoms with Crippen LogP contribution in [0.2, 0.25) is 0 Å². The maximum atomic E-state index is 11.2. The van der Waals surface area contributed by atoms with Gasteiger partial charge >= 0.3 is 5.97 Å². The smallest absolute Gasteiger partial charge is 0.316 e. The van der Waals surface area contributed by atoms with Crippen LogP contribution in [-0.4, -0.2) is 22.6 Å². The fourth-order valence-corrected chi connectivity index (χ4v) is 5.93. The average Bonchev–Trinajstić information content (AvgIpc) is 2.23.